The number of benzene rings is 1. The summed E-state index contributed by atoms with van der Waals surface area (Å²) in [6.45, 7) is 5.14. The molecule has 0 saturated carbocycles. The number of hydrogen-bond donors (Lipinski definition) is 3. The van der Waals surface area contributed by atoms with Gasteiger partial charge in [-0.15, -0.1) is 0 Å². The fraction of sp³-hybridized carbons (Fsp3) is 0.571. The average Bonchev–Trinajstić information content (AvgIpc) is 2.45. The summed E-state index contributed by atoms with van der Waals surface area (Å²) in [7, 11) is -3.88. The maximum absolute atomic E-state index is 13.6. The van der Waals surface area contributed by atoms with Crippen molar-refractivity contribution in [1.29, 1.82) is 0 Å². The zero-order chi connectivity index (χ0) is 16.3. The molecule has 0 aliphatic carbocycles. The standard InChI is InChI=1S/C14H23FN2O3S/c1-4-14(5-2,9-18)8-17-21(19,20)13-7-11(16)6-12(15)10(13)3/h6-7,17-18H,4-5,8-9,16H2,1-3H3. The minimum atomic E-state index is -3.88. The summed E-state index contributed by atoms with van der Waals surface area (Å²) >= 11 is 0. The lowest BCUT2D eigenvalue weighted by molar-refractivity contribution is 0.119. The number of nitrogen functional groups attached to an aromatic ring is 1. The quantitative estimate of drug-likeness (QED) is 0.668. The highest BCUT2D eigenvalue weighted by molar-refractivity contribution is 7.89. The van der Waals surface area contributed by atoms with Crippen molar-refractivity contribution in [2.45, 2.75) is 38.5 Å². The fourth-order valence-corrected chi connectivity index (χ4v) is 3.50. The summed E-state index contributed by atoms with van der Waals surface area (Å²) in [6.07, 6.45) is 1.26. The van der Waals surface area contributed by atoms with Gasteiger partial charge in [0.2, 0.25) is 10.0 Å². The first-order valence-corrected chi connectivity index (χ1v) is 8.36. The van der Waals surface area contributed by atoms with E-state index in [0.717, 1.165) is 6.07 Å². The van der Waals surface area contributed by atoms with Crippen LogP contribution in [-0.2, 0) is 10.0 Å². The van der Waals surface area contributed by atoms with Crippen LogP contribution in [0, 0.1) is 18.2 Å². The van der Waals surface area contributed by atoms with Crippen molar-refractivity contribution < 1.29 is 17.9 Å². The molecule has 1 aromatic carbocycles. The van der Waals surface area contributed by atoms with Crippen LogP contribution < -0.4 is 10.5 Å². The zero-order valence-electron chi connectivity index (χ0n) is 12.6. The highest BCUT2D eigenvalue weighted by Gasteiger charge is 2.28. The molecule has 0 heterocycles. The summed E-state index contributed by atoms with van der Waals surface area (Å²) in [6, 6.07) is 2.32. The second kappa shape index (κ2) is 6.72. The van der Waals surface area contributed by atoms with Gasteiger partial charge in [-0.3, -0.25) is 0 Å². The Morgan fingerprint density at radius 2 is 1.90 bits per heavy atom. The smallest absolute Gasteiger partial charge is 0.241 e. The van der Waals surface area contributed by atoms with Crippen LogP contribution in [0.3, 0.4) is 0 Å². The number of aliphatic hydroxyl groups excluding tert-OH is 1. The van der Waals surface area contributed by atoms with Gasteiger partial charge in [0, 0.05) is 29.8 Å². The molecule has 21 heavy (non-hydrogen) atoms. The predicted octanol–water partition coefficient (Wildman–Crippen LogP) is 1.79. The Morgan fingerprint density at radius 1 is 1.33 bits per heavy atom. The van der Waals surface area contributed by atoms with Gasteiger partial charge in [0.05, 0.1) is 4.90 Å². The van der Waals surface area contributed by atoms with Gasteiger partial charge in [-0.2, -0.15) is 0 Å². The van der Waals surface area contributed by atoms with E-state index in [1.54, 1.807) is 0 Å². The van der Waals surface area contributed by atoms with E-state index in [2.05, 4.69) is 4.72 Å². The number of nitrogens with two attached hydrogens (primary N) is 1. The van der Waals surface area contributed by atoms with Gasteiger partial charge in [-0.25, -0.2) is 17.5 Å². The van der Waals surface area contributed by atoms with Crippen LogP contribution in [0.25, 0.3) is 0 Å². The number of hydrogen-bond acceptors (Lipinski definition) is 4. The van der Waals surface area contributed by atoms with Crippen LogP contribution in [0.4, 0.5) is 10.1 Å². The molecule has 1 aromatic rings. The first-order valence-electron chi connectivity index (χ1n) is 6.87. The second-order valence-corrected chi connectivity index (χ2v) is 7.05. The molecule has 0 unspecified atom stereocenters. The highest BCUT2D eigenvalue weighted by atomic mass is 32.2. The van der Waals surface area contributed by atoms with Gasteiger partial charge >= 0.3 is 0 Å². The summed E-state index contributed by atoms with van der Waals surface area (Å²) in [4.78, 5) is -0.168. The predicted molar refractivity (Wildman–Crippen MR) is 80.8 cm³/mol. The molecule has 0 spiro atoms. The molecule has 0 radical (unpaired) electrons. The lowest BCUT2D eigenvalue weighted by Crippen LogP contribution is -2.39. The van der Waals surface area contributed by atoms with E-state index < -0.39 is 21.3 Å². The molecule has 0 amide bonds. The Hall–Kier alpha value is -1.18. The Labute approximate surface area is 125 Å². The van der Waals surface area contributed by atoms with E-state index in [1.165, 1.54) is 13.0 Å². The summed E-state index contributed by atoms with van der Waals surface area (Å²) < 4.78 is 40.8. The van der Waals surface area contributed by atoms with Gasteiger partial charge in [0.25, 0.3) is 0 Å². The number of halogens is 1. The first kappa shape index (κ1) is 17.9. The molecular weight excluding hydrogens is 295 g/mol. The normalized spacial score (nSPS) is 12.6. The van der Waals surface area contributed by atoms with Crippen molar-refractivity contribution in [2.24, 2.45) is 5.41 Å². The zero-order valence-corrected chi connectivity index (χ0v) is 13.4. The van der Waals surface area contributed by atoms with E-state index in [1.807, 2.05) is 13.8 Å². The molecule has 0 aliphatic rings. The molecule has 0 aliphatic heterocycles. The van der Waals surface area contributed by atoms with Crippen molar-refractivity contribution in [1.82, 2.24) is 4.72 Å². The summed E-state index contributed by atoms with van der Waals surface area (Å²) in [5.74, 6) is -0.658. The molecule has 0 atom stereocenters. The van der Waals surface area contributed by atoms with Crippen molar-refractivity contribution >= 4 is 15.7 Å². The Balaban J connectivity index is 3.08. The van der Waals surface area contributed by atoms with E-state index >= 15 is 0 Å². The van der Waals surface area contributed by atoms with Gasteiger partial charge < -0.3 is 10.8 Å². The molecule has 7 heteroatoms. The molecule has 0 fully saturated rings. The van der Waals surface area contributed by atoms with Gasteiger partial charge in [0.1, 0.15) is 5.82 Å². The van der Waals surface area contributed by atoms with E-state index in [-0.39, 0.29) is 29.3 Å². The topological polar surface area (TPSA) is 92.4 Å². The number of aliphatic hydroxyl groups is 1. The largest absolute Gasteiger partial charge is 0.399 e. The fourth-order valence-electron chi connectivity index (χ4n) is 2.06. The van der Waals surface area contributed by atoms with Crippen molar-refractivity contribution in [2.75, 3.05) is 18.9 Å². The maximum Gasteiger partial charge on any atom is 0.241 e. The van der Waals surface area contributed by atoms with E-state index in [0.29, 0.717) is 12.8 Å². The molecule has 0 saturated heterocycles. The van der Waals surface area contributed by atoms with Crippen LogP contribution in [0.15, 0.2) is 17.0 Å². The van der Waals surface area contributed by atoms with Crippen LogP contribution >= 0.6 is 0 Å². The van der Waals surface area contributed by atoms with E-state index in [4.69, 9.17) is 5.73 Å². The molecule has 4 N–H and O–H groups in total. The van der Waals surface area contributed by atoms with E-state index in [9.17, 15) is 17.9 Å². The second-order valence-electron chi connectivity index (χ2n) is 5.32. The third-order valence-electron chi connectivity index (χ3n) is 4.08. The van der Waals surface area contributed by atoms with Crippen LogP contribution in [0.2, 0.25) is 0 Å². The van der Waals surface area contributed by atoms with Crippen molar-refractivity contribution in [3.8, 4) is 0 Å². The van der Waals surface area contributed by atoms with Gasteiger partial charge in [-0.05, 0) is 31.9 Å². The summed E-state index contributed by atoms with van der Waals surface area (Å²) in [5, 5.41) is 9.47. The van der Waals surface area contributed by atoms with Gasteiger partial charge in [-0.1, -0.05) is 13.8 Å². The third-order valence-corrected chi connectivity index (χ3v) is 5.61. The SMILES string of the molecule is CCC(CC)(CO)CNS(=O)(=O)c1cc(N)cc(F)c1C. The third kappa shape index (κ3) is 3.93. The Morgan fingerprint density at radius 3 is 2.38 bits per heavy atom. The molecule has 5 nitrogen and oxygen atoms in total. The lowest BCUT2D eigenvalue weighted by Gasteiger charge is -2.29. The minimum absolute atomic E-state index is 0.0271. The Kier molecular flexibility index (Phi) is 5.72. The highest BCUT2D eigenvalue weighted by Crippen LogP contribution is 2.26. The molecule has 1 rings (SSSR count). The van der Waals surface area contributed by atoms with Crippen LogP contribution in [-0.4, -0.2) is 26.7 Å². The first-order chi connectivity index (χ1) is 9.71. The minimum Gasteiger partial charge on any atom is -0.399 e. The number of rotatable bonds is 7. The molecule has 0 aromatic heterocycles. The van der Waals surface area contributed by atoms with Gasteiger partial charge in [0.15, 0.2) is 0 Å². The molecule has 120 valence electrons. The number of nitrogens with one attached hydrogen (secondary N) is 1. The Bertz CT molecular complexity index is 590. The molecule has 0 bridgehead atoms. The number of anilines is 1. The molecular formula is C14H23FN2O3S. The number of sulfonamides is 1. The van der Waals surface area contributed by atoms with Crippen LogP contribution in [0.1, 0.15) is 32.3 Å². The van der Waals surface area contributed by atoms with Crippen molar-refractivity contribution in [3.63, 3.8) is 0 Å². The summed E-state index contributed by atoms with van der Waals surface area (Å²) in [5.41, 5.74) is 5.08. The lowest BCUT2D eigenvalue weighted by atomic mass is 9.84. The van der Waals surface area contributed by atoms with Crippen LogP contribution in [0.5, 0.6) is 0 Å². The average molecular weight is 318 g/mol. The maximum atomic E-state index is 13.6. The monoisotopic (exact) mass is 318 g/mol. The van der Waals surface area contributed by atoms with Crippen molar-refractivity contribution in [3.05, 3.63) is 23.5 Å².